The van der Waals surface area contributed by atoms with Crippen LogP contribution >= 0.6 is 0 Å². The molecule has 15 heavy (non-hydrogen) atoms. The fourth-order valence-electron chi connectivity index (χ4n) is 3.72. The van der Waals surface area contributed by atoms with Crippen molar-refractivity contribution in [2.24, 2.45) is 5.92 Å². The molecule has 0 aromatic rings. The van der Waals surface area contributed by atoms with Crippen LogP contribution in [0.15, 0.2) is 0 Å². The minimum Gasteiger partial charge on any atom is -0.311 e. The van der Waals surface area contributed by atoms with Crippen LogP contribution < -0.4 is 5.32 Å². The third kappa shape index (κ3) is 2.07. The first-order valence-electron chi connectivity index (χ1n) is 6.81. The van der Waals surface area contributed by atoms with E-state index in [0.717, 1.165) is 24.0 Å². The normalized spacial score (nSPS) is 43.4. The molecule has 3 aliphatic rings. The van der Waals surface area contributed by atoms with Gasteiger partial charge >= 0.3 is 0 Å². The van der Waals surface area contributed by atoms with Crippen LogP contribution in [0.4, 0.5) is 0 Å². The van der Waals surface area contributed by atoms with Crippen LogP contribution in [-0.2, 0) is 0 Å². The van der Waals surface area contributed by atoms with E-state index < -0.39 is 0 Å². The number of nitrogens with one attached hydrogen (secondary N) is 1. The summed E-state index contributed by atoms with van der Waals surface area (Å²) in [6.45, 7) is 5.14. The van der Waals surface area contributed by atoms with Gasteiger partial charge in [0.05, 0.1) is 0 Å². The lowest BCUT2D eigenvalue weighted by molar-refractivity contribution is 0.101. The SMILES string of the molecule is CC1CCN(C2C[C@H]3CC[C@@H](C2)N3)CC1. The molecule has 1 N–H and O–H groups in total. The van der Waals surface area contributed by atoms with E-state index in [1.165, 1.54) is 51.6 Å². The van der Waals surface area contributed by atoms with Gasteiger partial charge in [0.1, 0.15) is 0 Å². The molecular formula is C13H24N2. The van der Waals surface area contributed by atoms with Crippen molar-refractivity contribution < 1.29 is 0 Å². The minimum absolute atomic E-state index is 0.855. The summed E-state index contributed by atoms with van der Waals surface area (Å²) < 4.78 is 0. The van der Waals surface area contributed by atoms with Crippen molar-refractivity contribution in [2.45, 2.75) is 63.6 Å². The second-order valence-corrected chi connectivity index (χ2v) is 5.98. The zero-order valence-electron chi connectivity index (χ0n) is 9.91. The molecule has 0 spiro atoms. The molecule has 3 saturated heterocycles. The maximum Gasteiger partial charge on any atom is 0.0125 e. The predicted octanol–water partition coefficient (Wildman–Crippen LogP) is 2.00. The number of rotatable bonds is 1. The van der Waals surface area contributed by atoms with Gasteiger partial charge in [0, 0.05) is 18.1 Å². The monoisotopic (exact) mass is 208 g/mol. The number of piperidine rings is 2. The Kier molecular flexibility index (Phi) is 2.73. The maximum atomic E-state index is 3.74. The molecule has 3 fully saturated rings. The summed E-state index contributed by atoms with van der Waals surface area (Å²) in [4.78, 5) is 2.78. The Hall–Kier alpha value is -0.0800. The largest absolute Gasteiger partial charge is 0.311 e. The zero-order chi connectivity index (χ0) is 10.3. The highest BCUT2D eigenvalue weighted by Crippen LogP contribution is 2.31. The highest BCUT2D eigenvalue weighted by atomic mass is 15.2. The molecular weight excluding hydrogens is 184 g/mol. The van der Waals surface area contributed by atoms with Gasteiger partial charge in [-0.1, -0.05) is 6.92 Å². The van der Waals surface area contributed by atoms with E-state index >= 15 is 0 Å². The molecule has 0 radical (unpaired) electrons. The van der Waals surface area contributed by atoms with Crippen LogP contribution in [0.1, 0.15) is 45.4 Å². The molecule has 1 unspecified atom stereocenters. The summed E-state index contributed by atoms with van der Waals surface area (Å²) in [5.74, 6) is 0.972. The Morgan fingerprint density at radius 2 is 1.53 bits per heavy atom. The summed E-state index contributed by atoms with van der Waals surface area (Å²) in [6.07, 6.45) is 8.57. The minimum atomic E-state index is 0.855. The molecule has 2 bridgehead atoms. The average molecular weight is 208 g/mol. The summed E-state index contributed by atoms with van der Waals surface area (Å²) in [7, 11) is 0. The van der Waals surface area contributed by atoms with Gasteiger partial charge in [-0.25, -0.2) is 0 Å². The second-order valence-electron chi connectivity index (χ2n) is 5.98. The Bertz CT molecular complexity index is 209. The second kappa shape index (κ2) is 4.06. The van der Waals surface area contributed by atoms with E-state index in [9.17, 15) is 0 Å². The van der Waals surface area contributed by atoms with Gasteiger partial charge in [-0.15, -0.1) is 0 Å². The maximum absolute atomic E-state index is 3.74. The van der Waals surface area contributed by atoms with E-state index in [1.807, 2.05) is 0 Å². The highest BCUT2D eigenvalue weighted by Gasteiger charge is 2.36. The van der Waals surface area contributed by atoms with Crippen molar-refractivity contribution in [3.63, 3.8) is 0 Å². The Balaban J connectivity index is 1.58. The van der Waals surface area contributed by atoms with Crippen LogP contribution in [0.25, 0.3) is 0 Å². The first kappa shape index (κ1) is 10.1. The van der Waals surface area contributed by atoms with Gasteiger partial charge in [0.15, 0.2) is 0 Å². The molecule has 2 heteroatoms. The summed E-state index contributed by atoms with van der Waals surface area (Å²) in [6, 6.07) is 2.62. The van der Waals surface area contributed by atoms with Gasteiger partial charge in [-0.05, 0) is 57.5 Å². The van der Waals surface area contributed by atoms with Crippen molar-refractivity contribution in [3.8, 4) is 0 Å². The van der Waals surface area contributed by atoms with Crippen LogP contribution in [0, 0.1) is 5.92 Å². The molecule has 0 aromatic carbocycles. The van der Waals surface area contributed by atoms with Crippen molar-refractivity contribution in [3.05, 3.63) is 0 Å². The standard InChI is InChI=1S/C13H24N2/c1-10-4-6-15(7-5-10)13-8-11-2-3-12(9-13)14-11/h10-14H,2-9H2,1H3/t11-,12+,13?. The lowest BCUT2D eigenvalue weighted by Gasteiger charge is -2.41. The van der Waals surface area contributed by atoms with Gasteiger partial charge in [0.2, 0.25) is 0 Å². The molecule has 0 aromatic heterocycles. The quantitative estimate of drug-likeness (QED) is 0.709. The van der Waals surface area contributed by atoms with Crippen molar-refractivity contribution in [2.75, 3.05) is 13.1 Å². The van der Waals surface area contributed by atoms with Gasteiger partial charge < -0.3 is 10.2 Å². The summed E-state index contributed by atoms with van der Waals surface area (Å²) in [5, 5.41) is 3.74. The molecule has 0 saturated carbocycles. The fraction of sp³-hybridized carbons (Fsp3) is 1.00. The van der Waals surface area contributed by atoms with Crippen LogP contribution in [-0.4, -0.2) is 36.1 Å². The van der Waals surface area contributed by atoms with Crippen molar-refractivity contribution in [1.82, 2.24) is 10.2 Å². The van der Waals surface area contributed by atoms with E-state index in [4.69, 9.17) is 0 Å². The molecule has 3 heterocycles. The van der Waals surface area contributed by atoms with E-state index in [0.29, 0.717) is 0 Å². The summed E-state index contributed by atoms with van der Waals surface area (Å²) in [5.41, 5.74) is 0. The van der Waals surface area contributed by atoms with Gasteiger partial charge in [-0.3, -0.25) is 0 Å². The molecule has 0 amide bonds. The topological polar surface area (TPSA) is 15.3 Å². The first-order valence-corrected chi connectivity index (χ1v) is 6.81. The first-order chi connectivity index (χ1) is 7.31. The van der Waals surface area contributed by atoms with Crippen LogP contribution in [0.2, 0.25) is 0 Å². The summed E-state index contributed by atoms with van der Waals surface area (Å²) >= 11 is 0. The lowest BCUT2D eigenvalue weighted by Crippen LogP contribution is -2.50. The molecule has 0 aliphatic carbocycles. The Morgan fingerprint density at radius 1 is 0.933 bits per heavy atom. The predicted molar refractivity (Wildman–Crippen MR) is 62.9 cm³/mol. The highest BCUT2D eigenvalue weighted by molar-refractivity contribution is 4.96. The van der Waals surface area contributed by atoms with E-state index in [2.05, 4.69) is 17.1 Å². The molecule has 3 aliphatic heterocycles. The molecule has 86 valence electrons. The Labute approximate surface area is 93.4 Å². The number of hydrogen-bond donors (Lipinski definition) is 1. The molecule has 3 atom stereocenters. The van der Waals surface area contributed by atoms with Gasteiger partial charge in [-0.2, -0.15) is 0 Å². The number of fused-ring (bicyclic) bond motifs is 2. The van der Waals surface area contributed by atoms with Crippen LogP contribution in [0.5, 0.6) is 0 Å². The third-order valence-electron chi connectivity index (χ3n) is 4.78. The third-order valence-corrected chi connectivity index (χ3v) is 4.78. The molecule has 3 rings (SSSR count). The fourth-order valence-corrected chi connectivity index (χ4v) is 3.72. The number of hydrogen-bond acceptors (Lipinski definition) is 2. The van der Waals surface area contributed by atoms with Gasteiger partial charge in [0.25, 0.3) is 0 Å². The van der Waals surface area contributed by atoms with Crippen LogP contribution in [0.3, 0.4) is 0 Å². The number of nitrogens with zero attached hydrogens (tertiary/aromatic N) is 1. The van der Waals surface area contributed by atoms with Crippen molar-refractivity contribution >= 4 is 0 Å². The van der Waals surface area contributed by atoms with E-state index in [1.54, 1.807) is 0 Å². The molecule has 2 nitrogen and oxygen atoms in total. The smallest absolute Gasteiger partial charge is 0.0125 e. The lowest BCUT2D eigenvalue weighted by atomic mass is 9.93. The number of likely N-dealkylation sites (tertiary alicyclic amines) is 1. The zero-order valence-corrected chi connectivity index (χ0v) is 9.91. The average Bonchev–Trinajstić information content (AvgIpc) is 2.59. The van der Waals surface area contributed by atoms with Crippen molar-refractivity contribution in [1.29, 1.82) is 0 Å². The Morgan fingerprint density at radius 3 is 2.13 bits per heavy atom. The van der Waals surface area contributed by atoms with E-state index in [-0.39, 0.29) is 0 Å².